The van der Waals surface area contributed by atoms with Gasteiger partial charge in [0.2, 0.25) is 0 Å². The van der Waals surface area contributed by atoms with Crippen LogP contribution in [0, 0.1) is 17.3 Å². The quantitative estimate of drug-likeness (QED) is 0.763. The van der Waals surface area contributed by atoms with E-state index in [2.05, 4.69) is 20.8 Å². The summed E-state index contributed by atoms with van der Waals surface area (Å²) in [7, 11) is 0. The van der Waals surface area contributed by atoms with Crippen molar-refractivity contribution in [3.05, 3.63) is 35.9 Å². The average Bonchev–Trinajstić information content (AvgIpc) is 2.52. The Morgan fingerprint density at radius 1 is 1.36 bits per heavy atom. The first-order chi connectivity index (χ1) is 10.4. The van der Waals surface area contributed by atoms with Crippen LogP contribution in [0.15, 0.2) is 30.3 Å². The lowest BCUT2D eigenvalue weighted by Crippen LogP contribution is -2.39. The molecule has 1 aromatic carbocycles. The Morgan fingerprint density at radius 3 is 2.68 bits per heavy atom. The molecule has 0 unspecified atom stereocenters. The van der Waals surface area contributed by atoms with Crippen molar-refractivity contribution in [1.82, 2.24) is 0 Å². The molecule has 3 nitrogen and oxygen atoms in total. The molecule has 3 heteroatoms. The van der Waals surface area contributed by atoms with E-state index in [9.17, 15) is 9.59 Å². The summed E-state index contributed by atoms with van der Waals surface area (Å²) in [5.41, 5.74) is 0.315. The molecule has 3 atom stereocenters. The largest absolute Gasteiger partial charge is 0.462 e. The van der Waals surface area contributed by atoms with Crippen LogP contribution in [0.2, 0.25) is 0 Å². The van der Waals surface area contributed by atoms with Gasteiger partial charge in [0.05, 0.1) is 12.2 Å². The molecule has 0 aromatic heterocycles. The van der Waals surface area contributed by atoms with Crippen LogP contribution in [-0.4, -0.2) is 18.4 Å². The highest BCUT2D eigenvalue weighted by molar-refractivity contribution is 5.89. The predicted molar refractivity (Wildman–Crippen MR) is 86.6 cm³/mol. The van der Waals surface area contributed by atoms with Crippen LogP contribution >= 0.6 is 0 Å². The highest BCUT2D eigenvalue weighted by Crippen LogP contribution is 2.42. The monoisotopic (exact) mass is 302 g/mol. The Hall–Kier alpha value is -1.64. The molecule has 0 spiro atoms. The highest BCUT2D eigenvalue weighted by Gasteiger charge is 2.41. The Morgan fingerprint density at radius 2 is 2.05 bits per heavy atom. The fraction of sp³-hybridized carbons (Fsp3) is 0.579. The fourth-order valence-electron chi connectivity index (χ4n) is 3.16. The number of carbonyl (C=O) groups is 2. The van der Waals surface area contributed by atoms with Gasteiger partial charge in [-0.25, -0.2) is 4.79 Å². The van der Waals surface area contributed by atoms with Crippen molar-refractivity contribution in [3.8, 4) is 0 Å². The number of hydrogen-bond acceptors (Lipinski definition) is 3. The second-order valence-corrected chi connectivity index (χ2v) is 6.88. The molecule has 1 fully saturated rings. The molecule has 0 amide bonds. The zero-order valence-corrected chi connectivity index (χ0v) is 13.8. The maximum atomic E-state index is 12.4. The van der Waals surface area contributed by atoms with Gasteiger partial charge in [0.1, 0.15) is 5.78 Å². The Kier molecular flexibility index (Phi) is 5.38. The summed E-state index contributed by atoms with van der Waals surface area (Å²) in [4.78, 5) is 24.3. The standard InChI is InChI=1S/C19H26O3/c1-14-9-11-19(3,17(20)13-14)15(2)10-12-22-18(21)16-7-5-4-6-8-16/h4-8,14-15H,9-13H2,1-3H3/t14-,15+,19-/m0/s1. The van der Waals surface area contributed by atoms with E-state index in [0.717, 1.165) is 19.3 Å². The lowest BCUT2D eigenvalue weighted by atomic mass is 9.64. The number of ether oxygens (including phenoxy) is 1. The predicted octanol–water partition coefficient (Wildman–Crippen LogP) is 4.27. The van der Waals surface area contributed by atoms with Crippen molar-refractivity contribution in [2.45, 2.75) is 46.5 Å². The number of ketones is 1. The molecule has 0 heterocycles. The SMILES string of the molecule is C[C@H]1CC[C@@](C)([C@H](C)CCOC(=O)c2ccccc2)C(=O)C1. The molecule has 1 aromatic rings. The lowest BCUT2D eigenvalue weighted by molar-refractivity contribution is -0.135. The van der Waals surface area contributed by atoms with Crippen LogP contribution in [0.3, 0.4) is 0 Å². The second kappa shape index (κ2) is 7.08. The number of esters is 1. The van der Waals surface area contributed by atoms with Gasteiger partial charge in [-0.3, -0.25) is 4.79 Å². The molecule has 0 N–H and O–H groups in total. The van der Waals surface area contributed by atoms with Gasteiger partial charge >= 0.3 is 5.97 Å². The average molecular weight is 302 g/mol. The molecule has 1 aliphatic carbocycles. The van der Waals surface area contributed by atoms with Crippen LogP contribution in [0.1, 0.15) is 56.8 Å². The van der Waals surface area contributed by atoms with Crippen LogP contribution in [0.25, 0.3) is 0 Å². The minimum Gasteiger partial charge on any atom is -0.462 e. The van der Waals surface area contributed by atoms with Gasteiger partial charge in [0, 0.05) is 11.8 Å². The van der Waals surface area contributed by atoms with Gasteiger partial charge < -0.3 is 4.74 Å². The first kappa shape index (κ1) is 16.7. The number of Topliss-reactive ketones (excluding diaryl/α,β-unsaturated/α-hetero) is 1. The third-order valence-electron chi connectivity index (χ3n) is 5.21. The number of rotatable bonds is 5. The first-order valence-corrected chi connectivity index (χ1v) is 8.19. The molecule has 1 aliphatic rings. The highest BCUT2D eigenvalue weighted by atomic mass is 16.5. The van der Waals surface area contributed by atoms with Gasteiger partial charge in [-0.15, -0.1) is 0 Å². The van der Waals surface area contributed by atoms with Gasteiger partial charge in [0.25, 0.3) is 0 Å². The lowest BCUT2D eigenvalue weighted by Gasteiger charge is -2.39. The van der Waals surface area contributed by atoms with Crippen molar-refractivity contribution in [3.63, 3.8) is 0 Å². The minimum absolute atomic E-state index is 0.232. The summed E-state index contributed by atoms with van der Waals surface area (Å²) >= 11 is 0. The normalized spacial score (nSPS) is 26.5. The maximum Gasteiger partial charge on any atom is 0.338 e. The van der Waals surface area contributed by atoms with Gasteiger partial charge in [-0.05, 0) is 43.2 Å². The van der Waals surface area contributed by atoms with Gasteiger partial charge in [-0.2, -0.15) is 0 Å². The second-order valence-electron chi connectivity index (χ2n) is 6.88. The van der Waals surface area contributed by atoms with Crippen molar-refractivity contribution in [2.24, 2.45) is 17.3 Å². The number of carbonyl (C=O) groups excluding carboxylic acids is 2. The molecule has 22 heavy (non-hydrogen) atoms. The van der Waals surface area contributed by atoms with Crippen molar-refractivity contribution >= 4 is 11.8 Å². The summed E-state index contributed by atoms with van der Waals surface area (Å²) in [6.45, 7) is 6.69. The minimum atomic E-state index is -0.290. The van der Waals surface area contributed by atoms with E-state index in [4.69, 9.17) is 4.74 Å². The first-order valence-electron chi connectivity index (χ1n) is 8.19. The maximum absolute atomic E-state index is 12.4. The van der Waals surface area contributed by atoms with Crippen LogP contribution < -0.4 is 0 Å². The summed E-state index contributed by atoms with van der Waals surface area (Å²) in [6, 6.07) is 9.01. The van der Waals surface area contributed by atoms with E-state index in [-0.39, 0.29) is 17.3 Å². The zero-order valence-electron chi connectivity index (χ0n) is 13.8. The molecular formula is C19H26O3. The molecule has 0 aliphatic heterocycles. The summed E-state index contributed by atoms with van der Waals surface area (Å²) in [5, 5.41) is 0. The Bertz CT molecular complexity index is 523. The Labute approximate surface area is 133 Å². The Balaban J connectivity index is 1.84. The third kappa shape index (κ3) is 3.76. The molecule has 120 valence electrons. The summed E-state index contributed by atoms with van der Waals surface area (Å²) in [5.74, 6) is 0.814. The third-order valence-corrected chi connectivity index (χ3v) is 5.21. The van der Waals surface area contributed by atoms with Crippen molar-refractivity contribution < 1.29 is 14.3 Å². The molecule has 0 radical (unpaired) electrons. The smallest absolute Gasteiger partial charge is 0.338 e. The van der Waals surface area contributed by atoms with Crippen LogP contribution in [-0.2, 0) is 9.53 Å². The molecule has 0 bridgehead atoms. The zero-order chi connectivity index (χ0) is 16.2. The number of benzene rings is 1. The van der Waals surface area contributed by atoms with E-state index >= 15 is 0 Å². The molecular weight excluding hydrogens is 276 g/mol. The van der Waals surface area contributed by atoms with E-state index < -0.39 is 0 Å². The summed E-state index contributed by atoms with van der Waals surface area (Å²) in [6.07, 6.45) is 3.47. The van der Waals surface area contributed by atoms with Crippen LogP contribution in [0.5, 0.6) is 0 Å². The van der Waals surface area contributed by atoms with Gasteiger partial charge in [-0.1, -0.05) is 39.0 Å². The van der Waals surface area contributed by atoms with Crippen molar-refractivity contribution in [2.75, 3.05) is 6.61 Å². The van der Waals surface area contributed by atoms with E-state index in [1.807, 2.05) is 18.2 Å². The molecule has 2 rings (SSSR count). The van der Waals surface area contributed by atoms with E-state index in [1.54, 1.807) is 12.1 Å². The summed E-state index contributed by atoms with van der Waals surface area (Å²) < 4.78 is 5.34. The fourth-order valence-corrected chi connectivity index (χ4v) is 3.16. The van der Waals surface area contributed by atoms with E-state index in [1.165, 1.54) is 0 Å². The number of hydrogen-bond donors (Lipinski definition) is 0. The molecule has 1 saturated carbocycles. The van der Waals surface area contributed by atoms with Crippen LogP contribution in [0.4, 0.5) is 0 Å². The molecule has 0 saturated heterocycles. The topological polar surface area (TPSA) is 43.4 Å². The van der Waals surface area contributed by atoms with Gasteiger partial charge in [0.15, 0.2) is 0 Å². The van der Waals surface area contributed by atoms with E-state index in [0.29, 0.717) is 30.3 Å². The van der Waals surface area contributed by atoms with Crippen molar-refractivity contribution in [1.29, 1.82) is 0 Å².